The normalized spacial score (nSPS) is 10.5. The Morgan fingerprint density at radius 3 is 3.15 bits per heavy atom. The van der Waals surface area contributed by atoms with Gasteiger partial charge >= 0.3 is 0 Å². The second-order valence-electron chi connectivity index (χ2n) is 2.83. The molecule has 0 fully saturated rings. The molecule has 4 heteroatoms. The van der Waals surface area contributed by atoms with Gasteiger partial charge in [-0.2, -0.15) is 0 Å². The molecule has 0 unspecified atom stereocenters. The molecule has 0 atom stereocenters. The summed E-state index contributed by atoms with van der Waals surface area (Å²) in [6.07, 6.45) is 2.90. The first-order valence-corrected chi connectivity index (χ1v) is 5.21. The molecule has 2 heterocycles. The van der Waals surface area contributed by atoms with Gasteiger partial charge in [-0.3, -0.25) is 0 Å². The van der Waals surface area contributed by atoms with E-state index in [2.05, 4.69) is 33.1 Å². The largest absolute Gasteiger partial charge is 0.313 e. The van der Waals surface area contributed by atoms with Gasteiger partial charge in [-0.25, -0.2) is 0 Å². The van der Waals surface area contributed by atoms with Gasteiger partial charge in [0.1, 0.15) is 6.33 Å². The van der Waals surface area contributed by atoms with Crippen LogP contribution in [-0.4, -0.2) is 14.8 Å². The van der Waals surface area contributed by atoms with Crippen LogP contribution in [0.2, 0.25) is 0 Å². The van der Waals surface area contributed by atoms with Crippen LogP contribution in [0.5, 0.6) is 0 Å². The number of hydrogen-bond donors (Lipinski definition) is 0. The van der Waals surface area contributed by atoms with Crippen molar-refractivity contribution in [2.45, 2.75) is 19.9 Å². The molecule has 3 nitrogen and oxygen atoms in total. The van der Waals surface area contributed by atoms with Crippen molar-refractivity contribution >= 4 is 11.3 Å². The Balaban J connectivity index is 2.35. The van der Waals surface area contributed by atoms with Crippen molar-refractivity contribution in [1.82, 2.24) is 14.8 Å². The second-order valence-corrected chi connectivity index (χ2v) is 3.77. The third kappa shape index (κ3) is 1.62. The Morgan fingerprint density at radius 1 is 1.54 bits per heavy atom. The molecule has 0 amide bonds. The maximum absolute atomic E-state index is 4.10. The van der Waals surface area contributed by atoms with Crippen LogP contribution in [0.1, 0.15) is 13.3 Å². The van der Waals surface area contributed by atoms with E-state index in [1.807, 2.05) is 6.07 Å². The third-order valence-corrected chi connectivity index (χ3v) is 2.69. The van der Waals surface area contributed by atoms with Crippen LogP contribution in [0.3, 0.4) is 0 Å². The van der Waals surface area contributed by atoms with Gasteiger partial charge in [-0.05, 0) is 17.9 Å². The lowest BCUT2D eigenvalue weighted by Gasteiger charge is -2.01. The number of hydrogen-bond acceptors (Lipinski definition) is 3. The highest BCUT2D eigenvalue weighted by atomic mass is 32.1. The zero-order valence-electron chi connectivity index (χ0n) is 7.47. The monoisotopic (exact) mass is 193 g/mol. The van der Waals surface area contributed by atoms with Crippen molar-refractivity contribution in [2.24, 2.45) is 0 Å². The van der Waals surface area contributed by atoms with Crippen molar-refractivity contribution in [3.05, 3.63) is 23.8 Å². The first-order chi connectivity index (χ1) is 6.42. The Kier molecular flexibility index (Phi) is 2.40. The molecule has 0 aliphatic carbocycles. The van der Waals surface area contributed by atoms with E-state index in [4.69, 9.17) is 0 Å². The molecule has 0 saturated heterocycles. The van der Waals surface area contributed by atoms with Crippen LogP contribution in [0, 0.1) is 0 Å². The molecule has 2 rings (SSSR count). The van der Waals surface area contributed by atoms with Crippen LogP contribution < -0.4 is 0 Å². The van der Waals surface area contributed by atoms with Crippen molar-refractivity contribution in [1.29, 1.82) is 0 Å². The molecule has 0 radical (unpaired) electrons. The fraction of sp³-hybridized carbons (Fsp3) is 0.333. The number of rotatable bonds is 3. The molecule has 2 aromatic heterocycles. The SMILES string of the molecule is CCCn1cnnc1-c1cccs1. The van der Waals surface area contributed by atoms with Gasteiger partial charge in [0.15, 0.2) is 5.82 Å². The Hall–Kier alpha value is -1.16. The summed E-state index contributed by atoms with van der Waals surface area (Å²) in [6.45, 7) is 3.14. The molecule has 2 aromatic rings. The third-order valence-electron chi connectivity index (χ3n) is 1.82. The minimum Gasteiger partial charge on any atom is -0.313 e. The van der Waals surface area contributed by atoms with Crippen molar-refractivity contribution in [3.8, 4) is 10.7 Å². The summed E-state index contributed by atoms with van der Waals surface area (Å²) >= 11 is 1.70. The van der Waals surface area contributed by atoms with Gasteiger partial charge in [-0.15, -0.1) is 21.5 Å². The van der Waals surface area contributed by atoms with E-state index in [0.717, 1.165) is 18.8 Å². The minimum atomic E-state index is 0.983. The summed E-state index contributed by atoms with van der Waals surface area (Å²) in [7, 11) is 0. The Bertz CT molecular complexity index is 364. The molecule has 13 heavy (non-hydrogen) atoms. The number of aromatic nitrogens is 3. The molecule has 0 N–H and O–H groups in total. The highest BCUT2D eigenvalue weighted by molar-refractivity contribution is 7.13. The van der Waals surface area contributed by atoms with Crippen LogP contribution in [0.4, 0.5) is 0 Å². The topological polar surface area (TPSA) is 30.7 Å². The summed E-state index contributed by atoms with van der Waals surface area (Å²) in [6, 6.07) is 4.10. The van der Waals surface area contributed by atoms with Crippen LogP contribution in [0.25, 0.3) is 10.7 Å². The number of aryl methyl sites for hydroxylation is 1. The van der Waals surface area contributed by atoms with Crippen LogP contribution in [-0.2, 0) is 6.54 Å². The molecule has 0 bridgehead atoms. The Morgan fingerprint density at radius 2 is 2.46 bits per heavy atom. The Labute approximate surface area is 81.1 Å². The lowest BCUT2D eigenvalue weighted by Crippen LogP contribution is -1.96. The average molecular weight is 193 g/mol. The predicted octanol–water partition coefficient (Wildman–Crippen LogP) is 2.42. The first-order valence-electron chi connectivity index (χ1n) is 4.33. The van der Waals surface area contributed by atoms with E-state index in [0.29, 0.717) is 0 Å². The van der Waals surface area contributed by atoms with E-state index in [-0.39, 0.29) is 0 Å². The summed E-state index contributed by atoms with van der Waals surface area (Å²) in [5.41, 5.74) is 0. The van der Waals surface area contributed by atoms with Gasteiger partial charge in [0, 0.05) is 6.54 Å². The van der Waals surface area contributed by atoms with Crippen molar-refractivity contribution in [3.63, 3.8) is 0 Å². The highest BCUT2D eigenvalue weighted by Crippen LogP contribution is 2.21. The predicted molar refractivity (Wildman–Crippen MR) is 53.6 cm³/mol. The van der Waals surface area contributed by atoms with E-state index in [1.54, 1.807) is 17.7 Å². The van der Waals surface area contributed by atoms with Gasteiger partial charge in [0.05, 0.1) is 4.88 Å². The zero-order valence-corrected chi connectivity index (χ0v) is 8.29. The zero-order chi connectivity index (χ0) is 9.10. The van der Waals surface area contributed by atoms with Crippen molar-refractivity contribution < 1.29 is 0 Å². The smallest absolute Gasteiger partial charge is 0.173 e. The van der Waals surface area contributed by atoms with E-state index >= 15 is 0 Å². The highest BCUT2D eigenvalue weighted by Gasteiger charge is 2.06. The fourth-order valence-corrected chi connectivity index (χ4v) is 1.98. The summed E-state index contributed by atoms with van der Waals surface area (Å²) < 4.78 is 2.09. The van der Waals surface area contributed by atoms with Crippen LogP contribution in [0.15, 0.2) is 23.8 Å². The lowest BCUT2D eigenvalue weighted by atomic mass is 10.4. The van der Waals surface area contributed by atoms with E-state index < -0.39 is 0 Å². The molecular weight excluding hydrogens is 182 g/mol. The summed E-state index contributed by atoms with van der Waals surface area (Å²) in [5, 5.41) is 10.1. The summed E-state index contributed by atoms with van der Waals surface area (Å²) in [5.74, 6) is 0.983. The maximum atomic E-state index is 4.10. The van der Waals surface area contributed by atoms with Gasteiger partial charge in [0.2, 0.25) is 0 Å². The van der Waals surface area contributed by atoms with Gasteiger partial charge in [-0.1, -0.05) is 13.0 Å². The lowest BCUT2D eigenvalue weighted by molar-refractivity contribution is 0.683. The van der Waals surface area contributed by atoms with Gasteiger partial charge in [0.25, 0.3) is 0 Å². The average Bonchev–Trinajstić information content (AvgIpc) is 2.71. The standard InChI is InChI=1S/C9H11N3S/c1-2-5-12-7-10-11-9(12)8-4-3-6-13-8/h3-4,6-7H,2,5H2,1H3. The molecule has 68 valence electrons. The molecular formula is C9H11N3S. The first kappa shape index (κ1) is 8.44. The van der Waals surface area contributed by atoms with E-state index in [9.17, 15) is 0 Å². The van der Waals surface area contributed by atoms with Gasteiger partial charge < -0.3 is 4.57 Å². The minimum absolute atomic E-state index is 0.983. The number of nitrogens with zero attached hydrogens (tertiary/aromatic N) is 3. The summed E-state index contributed by atoms with van der Waals surface area (Å²) in [4.78, 5) is 1.19. The van der Waals surface area contributed by atoms with E-state index in [1.165, 1.54) is 4.88 Å². The molecule has 0 spiro atoms. The molecule has 0 aliphatic rings. The second kappa shape index (κ2) is 3.70. The van der Waals surface area contributed by atoms with Crippen LogP contribution >= 0.6 is 11.3 Å². The molecule has 0 aromatic carbocycles. The molecule has 0 aliphatic heterocycles. The van der Waals surface area contributed by atoms with Crippen molar-refractivity contribution in [2.75, 3.05) is 0 Å². The maximum Gasteiger partial charge on any atom is 0.173 e. The molecule has 0 saturated carbocycles. The number of thiophene rings is 1. The fourth-order valence-electron chi connectivity index (χ4n) is 1.26. The quantitative estimate of drug-likeness (QED) is 0.749.